The molecule has 2 aromatic heterocycles. The quantitative estimate of drug-likeness (QED) is 0.317. The van der Waals surface area contributed by atoms with Gasteiger partial charge in [0.05, 0.1) is 6.54 Å². The molecule has 0 saturated heterocycles. The Morgan fingerprint density at radius 3 is 2.80 bits per heavy atom. The van der Waals surface area contributed by atoms with E-state index >= 15 is 0 Å². The van der Waals surface area contributed by atoms with Crippen LogP contribution < -0.4 is 15.4 Å². The highest BCUT2D eigenvalue weighted by Crippen LogP contribution is 2.23. The lowest BCUT2D eigenvalue weighted by Gasteiger charge is -2.12. The van der Waals surface area contributed by atoms with Crippen LogP contribution in [-0.4, -0.2) is 29.0 Å². The van der Waals surface area contributed by atoms with Crippen molar-refractivity contribution in [2.75, 3.05) is 13.1 Å². The number of nitrogens with zero attached hydrogens (tertiary/aromatic N) is 3. The molecule has 0 atom stereocenters. The molecule has 3 rings (SSSR count). The zero-order chi connectivity index (χ0) is 21.2. The van der Waals surface area contributed by atoms with E-state index in [4.69, 9.17) is 16.3 Å². The molecular weight excluding hydrogens is 405 g/mol. The number of guanidine groups is 1. The Labute approximate surface area is 180 Å². The molecule has 0 fully saturated rings. The van der Waals surface area contributed by atoms with Crippen LogP contribution >= 0.6 is 11.6 Å². The molecule has 6 nitrogen and oxygen atoms in total. The summed E-state index contributed by atoms with van der Waals surface area (Å²) in [5, 5.41) is 7.00. The number of benzene rings is 1. The lowest BCUT2D eigenvalue weighted by molar-refractivity contribution is 0.452. The van der Waals surface area contributed by atoms with Gasteiger partial charge in [-0.2, -0.15) is 0 Å². The molecule has 2 heterocycles. The van der Waals surface area contributed by atoms with Gasteiger partial charge in [-0.3, -0.25) is 0 Å². The number of aromatic nitrogens is 2. The van der Waals surface area contributed by atoms with Gasteiger partial charge in [0.25, 0.3) is 0 Å². The summed E-state index contributed by atoms with van der Waals surface area (Å²) in [7, 11) is 0. The van der Waals surface area contributed by atoms with Gasteiger partial charge < -0.3 is 15.4 Å². The summed E-state index contributed by atoms with van der Waals surface area (Å²) in [5.41, 5.74) is 1.88. The van der Waals surface area contributed by atoms with Crippen molar-refractivity contribution in [3.05, 3.63) is 83.0 Å². The van der Waals surface area contributed by atoms with E-state index in [0.717, 1.165) is 24.1 Å². The molecule has 3 aromatic rings. The minimum Gasteiger partial charge on any atom is -0.439 e. The van der Waals surface area contributed by atoms with Crippen molar-refractivity contribution < 1.29 is 9.13 Å². The maximum atomic E-state index is 13.4. The SMILES string of the molecule is CCNC(=NCc1cccnc1Oc1cccc(F)c1)NCCc1ccc(Cl)nc1. The van der Waals surface area contributed by atoms with Crippen molar-refractivity contribution in [3.63, 3.8) is 0 Å². The first kappa shape index (κ1) is 21.5. The molecule has 0 saturated carbocycles. The van der Waals surface area contributed by atoms with Crippen LogP contribution in [0.15, 0.2) is 65.9 Å². The minimum absolute atomic E-state index is 0.357. The van der Waals surface area contributed by atoms with Crippen molar-refractivity contribution in [2.45, 2.75) is 19.9 Å². The maximum absolute atomic E-state index is 13.4. The summed E-state index contributed by atoms with van der Waals surface area (Å²) < 4.78 is 19.2. The summed E-state index contributed by atoms with van der Waals surface area (Å²) in [6.45, 7) is 3.78. The molecule has 156 valence electrons. The van der Waals surface area contributed by atoms with Crippen LogP contribution in [0.5, 0.6) is 11.6 Å². The first-order valence-corrected chi connectivity index (χ1v) is 10.0. The summed E-state index contributed by atoms with van der Waals surface area (Å²) in [5.74, 6) is 1.10. The van der Waals surface area contributed by atoms with Gasteiger partial charge in [0.1, 0.15) is 16.7 Å². The second kappa shape index (κ2) is 11.1. The molecule has 30 heavy (non-hydrogen) atoms. The lowest BCUT2D eigenvalue weighted by atomic mass is 10.2. The zero-order valence-electron chi connectivity index (χ0n) is 16.6. The Hall–Kier alpha value is -3.19. The maximum Gasteiger partial charge on any atom is 0.224 e. The van der Waals surface area contributed by atoms with Crippen molar-refractivity contribution in [1.29, 1.82) is 0 Å². The first-order valence-electron chi connectivity index (χ1n) is 9.64. The van der Waals surface area contributed by atoms with Crippen molar-refractivity contribution in [3.8, 4) is 11.6 Å². The predicted molar refractivity (Wildman–Crippen MR) is 116 cm³/mol. The molecule has 0 spiro atoms. The van der Waals surface area contributed by atoms with Gasteiger partial charge >= 0.3 is 0 Å². The molecule has 0 aliphatic heterocycles. The summed E-state index contributed by atoms with van der Waals surface area (Å²) in [6, 6.07) is 13.4. The number of hydrogen-bond donors (Lipinski definition) is 2. The standard InChI is InChI=1S/C22H23ClFN5O/c1-2-25-22(27-12-10-16-8-9-20(23)28-14-16)29-15-17-5-4-11-26-21(17)30-19-7-3-6-18(24)13-19/h3-9,11,13-14H,2,10,12,15H2,1H3,(H2,25,27,29). The van der Waals surface area contributed by atoms with E-state index in [2.05, 4.69) is 25.6 Å². The Morgan fingerprint density at radius 1 is 1.13 bits per heavy atom. The number of aliphatic imine (C=N–C) groups is 1. The van der Waals surface area contributed by atoms with Gasteiger partial charge in [-0.15, -0.1) is 0 Å². The Morgan fingerprint density at radius 2 is 2.03 bits per heavy atom. The monoisotopic (exact) mass is 427 g/mol. The van der Waals surface area contributed by atoms with E-state index in [0.29, 0.717) is 35.8 Å². The molecule has 2 N–H and O–H groups in total. The lowest BCUT2D eigenvalue weighted by Crippen LogP contribution is -2.38. The van der Waals surface area contributed by atoms with E-state index in [1.165, 1.54) is 12.1 Å². The van der Waals surface area contributed by atoms with E-state index in [9.17, 15) is 4.39 Å². The summed E-state index contributed by atoms with van der Waals surface area (Å²) in [6.07, 6.45) is 4.18. The third-order valence-corrected chi connectivity index (χ3v) is 4.33. The molecule has 1 aromatic carbocycles. The average Bonchev–Trinajstić information content (AvgIpc) is 2.74. The van der Waals surface area contributed by atoms with Gasteiger partial charge in [0.2, 0.25) is 5.88 Å². The zero-order valence-corrected chi connectivity index (χ0v) is 17.4. The van der Waals surface area contributed by atoms with Gasteiger partial charge in [-0.1, -0.05) is 29.8 Å². The van der Waals surface area contributed by atoms with E-state index < -0.39 is 0 Å². The highest BCUT2D eigenvalue weighted by atomic mass is 35.5. The van der Waals surface area contributed by atoms with Crippen LogP contribution in [0.1, 0.15) is 18.1 Å². The summed E-state index contributed by atoms with van der Waals surface area (Å²) >= 11 is 5.82. The number of halogens is 2. The second-order valence-electron chi connectivity index (χ2n) is 6.39. The average molecular weight is 428 g/mol. The fraction of sp³-hybridized carbons (Fsp3) is 0.227. The Balaban J connectivity index is 1.63. The van der Waals surface area contributed by atoms with Crippen LogP contribution in [-0.2, 0) is 13.0 Å². The number of hydrogen-bond acceptors (Lipinski definition) is 4. The van der Waals surface area contributed by atoms with Gasteiger partial charge in [-0.05, 0) is 43.2 Å². The number of rotatable bonds is 8. The van der Waals surface area contributed by atoms with Gasteiger partial charge in [0.15, 0.2) is 5.96 Å². The smallest absolute Gasteiger partial charge is 0.224 e. The van der Waals surface area contributed by atoms with Crippen LogP contribution in [0, 0.1) is 5.82 Å². The predicted octanol–water partition coefficient (Wildman–Crippen LogP) is 4.36. The van der Waals surface area contributed by atoms with Gasteiger partial charge in [0, 0.05) is 37.1 Å². The molecule has 0 radical (unpaired) electrons. The highest BCUT2D eigenvalue weighted by molar-refractivity contribution is 6.29. The third kappa shape index (κ3) is 6.70. The van der Waals surface area contributed by atoms with E-state index in [1.54, 1.807) is 30.6 Å². The van der Waals surface area contributed by atoms with E-state index in [-0.39, 0.29) is 5.82 Å². The number of ether oxygens (including phenoxy) is 1. The first-order chi connectivity index (χ1) is 14.6. The van der Waals surface area contributed by atoms with Crippen LogP contribution in [0.3, 0.4) is 0 Å². The van der Waals surface area contributed by atoms with Crippen molar-refractivity contribution in [2.24, 2.45) is 4.99 Å². The Kier molecular flexibility index (Phi) is 7.97. The molecule has 0 unspecified atom stereocenters. The molecule has 0 bridgehead atoms. The number of pyridine rings is 2. The molecule has 0 aliphatic rings. The topological polar surface area (TPSA) is 71.4 Å². The van der Waals surface area contributed by atoms with Crippen LogP contribution in [0.4, 0.5) is 4.39 Å². The fourth-order valence-corrected chi connectivity index (χ4v) is 2.78. The molecule has 8 heteroatoms. The van der Waals surface area contributed by atoms with Crippen molar-refractivity contribution >= 4 is 17.6 Å². The Bertz CT molecular complexity index is 981. The van der Waals surface area contributed by atoms with Crippen molar-refractivity contribution in [1.82, 2.24) is 20.6 Å². The molecule has 0 amide bonds. The van der Waals surface area contributed by atoms with E-state index in [1.807, 2.05) is 25.1 Å². The largest absolute Gasteiger partial charge is 0.439 e. The molecule has 0 aliphatic carbocycles. The summed E-state index contributed by atoms with van der Waals surface area (Å²) in [4.78, 5) is 13.0. The van der Waals surface area contributed by atoms with Crippen LogP contribution in [0.25, 0.3) is 0 Å². The molecular formula is C22H23ClFN5O. The minimum atomic E-state index is -0.363. The normalized spacial score (nSPS) is 11.2. The highest BCUT2D eigenvalue weighted by Gasteiger charge is 2.07. The fourth-order valence-electron chi connectivity index (χ4n) is 2.66. The third-order valence-electron chi connectivity index (χ3n) is 4.11. The van der Waals surface area contributed by atoms with Gasteiger partial charge in [-0.25, -0.2) is 19.4 Å². The van der Waals surface area contributed by atoms with Crippen LogP contribution in [0.2, 0.25) is 5.15 Å². The second-order valence-corrected chi connectivity index (χ2v) is 6.78. The number of nitrogens with one attached hydrogen (secondary N) is 2.